The van der Waals surface area contributed by atoms with Gasteiger partial charge in [0.1, 0.15) is 6.04 Å². The largest absolute Gasteiger partial charge is 0.480 e. The zero-order chi connectivity index (χ0) is 17.8. The lowest BCUT2D eigenvalue weighted by Crippen LogP contribution is -2.43. The standard InChI is InChI=1S/C20H19NO3S/c1-13(14-7-3-2-4-8-14)19(22)21-17(20(23)24)11-15-12-25-18-10-6-5-9-16(15)18/h2-10,12-13,17H,11H2,1H3,(H,21,22)(H,23,24). The fourth-order valence-corrected chi connectivity index (χ4v) is 3.78. The molecule has 0 aliphatic carbocycles. The lowest BCUT2D eigenvalue weighted by Gasteiger charge is -2.18. The van der Waals surface area contributed by atoms with Crippen LogP contribution in [-0.2, 0) is 16.0 Å². The Hall–Kier alpha value is -2.66. The molecule has 0 spiro atoms. The van der Waals surface area contributed by atoms with Gasteiger partial charge in [-0.1, -0.05) is 48.5 Å². The van der Waals surface area contributed by atoms with Crippen molar-refractivity contribution in [2.75, 3.05) is 0 Å². The monoisotopic (exact) mass is 353 g/mol. The fraction of sp³-hybridized carbons (Fsp3) is 0.200. The minimum absolute atomic E-state index is 0.270. The summed E-state index contributed by atoms with van der Waals surface area (Å²) in [5, 5.41) is 15.2. The van der Waals surface area contributed by atoms with Crippen LogP contribution in [0.25, 0.3) is 10.1 Å². The third kappa shape index (κ3) is 3.88. The van der Waals surface area contributed by atoms with Crippen molar-refractivity contribution in [3.05, 3.63) is 71.1 Å². The van der Waals surface area contributed by atoms with Crippen molar-refractivity contribution in [1.29, 1.82) is 0 Å². The molecule has 2 atom stereocenters. The minimum atomic E-state index is -1.02. The Kier molecular flexibility index (Phi) is 5.14. The highest BCUT2D eigenvalue weighted by Crippen LogP contribution is 2.26. The van der Waals surface area contributed by atoms with E-state index in [1.807, 2.05) is 60.0 Å². The van der Waals surface area contributed by atoms with Gasteiger partial charge in [-0.15, -0.1) is 11.3 Å². The first-order chi connectivity index (χ1) is 12.1. The third-order valence-electron chi connectivity index (χ3n) is 4.29. The smallest absolute Gasteiger partial charge is 0.326 e. The number of aliphatic carboxylic acids is 1. The molecule has 3 rings (SSSR count). The van der Waals surface area contributed by atoms with Crippen molar-refractivity contribution in [2.45, 2.75) is 25.3 Å². The minimum Gasteiger partial charge on any atom is -0.480 e. The van der Waals surface area contributed by atoms with Crippen LogP contribution in [0.3, 0.4) is 0 Å². The van der Waals surface area contributed by atoms with E-state index in [4.69, 9.17) is 0 Å². The summed E-state index contributed by atoms with van der Waals surface area (Å²) in [6.07, 6.45) is 0.270. The van der Waals surface area contributed by atoms with Gasteiger partial charge in [0.15, 0.2) is 0 Å². The van der Waals surface area contributed by atoms with Crippen LogP contribution in [0.15, 0.2) is 60.0 Å². The van der Waals surface area contributed by atoms with Crippen LogP contribution < -0.4 is 5.32 Å². The number of nitrogens with one attached hydrogen (secondary N) is 1. The molecule has 128 valence electrons. The number of hydrogen-bond acceptors (Lipinski definition) is 3. The highest BCUT2D eigenvalue weighted by Gasteiger charge is 2.25. The molecule has 0 saturated heterocycles. The Labute approximate surface area is 150 Å². The maximum atomic E-state index is 12.5. The normalized spacial score (nSPS) is 13.3. The SMILES string of the molecule is CC(C(=O)NC(Cc1csc2ccccc12)C(=O)O)c1ccccc1. The molecule has 2 N–H and O–H groups in total. The molecule has 1 heterocycles. The Morgan fingerprint density at radius 1 is 1.08 bits per heavy atom. The number of benzene rings is 2. The first kappa shape index (κ1) is 17.2. The van der Waals surface area contributed by atoms with Gasteiger partial charge in [0.2, 0.25) is 5.91 Å². The lowest BCUT2D eigenvalue weighted by atomic mass is 9.99. The number of amides is 1. The molecule has 5 heteroatoms. The van der Waals surface area contributed by atoms with Gasteiger partial charge in [-0.2, -0.15) is 0 Å². The van der Waals surface area contributed by atoms with Crippen molar-refractivity contribution in [2.24, 2.45) is 0 Å². The predicted molar refractivity (Wildman–Crippen MR) is 100.0 cm³/mol. The van der Waals surface area contributed by atoms with E-state index in [2.05, 4.69) is 5.32 Å². The van der Waals surface area contributed by atoms with Gasteiger partial charge in [0.05, 0.1) is 5.92 Å². The summed E-state index contributed by atoms with van der Waals surface area (Å²) >= 11 is 1.58. The van der Waals surface area contributed by atoms with E-state index in [-0.39, 0.29) is 12.3 Å². The maximum Gasteiger partial charge on any atom is 0.326 e. The maximum absolute atomic E-state index is 12.5. The lowest BCUT2D eigenvalue weighted by molar-refractivity contribution is -0.141. The molecule has 25 heavy (non-hydrogen) atoms. The van der Waals surface area contributed by atoms with E-state index in [1.54, 1.807) is 18.3 Å². The summed E-state index contributed by atoms with van der Waals surface area (Å²) in [5.41, 5.74) is 1.81. The molecule has 2 aromatic carbocycles. The van der Waals surface area contributed by atoms with Crippen LogP contribution in [0, 0.1) is 0 Å². The highest BCUT2D eigenvalue weighted by molar-refractivity contribution is 7.17. The number of hydrogen-bond donors (Lipinski definition) is 2. The molecule has 0 bridgehead atoms. The number of carbonyl (C=O) groups excluding carboxylic acids is 1. The Morgan fingerprint density at radius 2 is 1.76 bits per heavy atom. The van der Waals surface area contributed by atoms with E-state index >= 15 is 0 Å². The topological polar surface area (TPSA) is 66.4 Å². The van der Waals surface area contributed by atoms with Crippen LogP contribution in [0.5, 0.6) is 0 Å². The Morgan fingerprint density at radius 3 is 2.48 bits per heavy atom. The highest BCUT2D eigenvalue weighted by atomic mass is 32.1. The summed E-state index contributed by atoms with van der Waals surface area (Å²) < 4.78 is 1.12. The number of fused-ring (bicyclic) bond motifs is 1. The molecular formula is C20H19NO3S. The molecule has 1 amide bonds. The molecule has 0 aliphatic heterocycles. The van der Waals surface area contributed by atoms with Gasteiger partial charge in [0, 0.05) is 11.1 Å². The molecule has 0 aliphatic rings. The molecule has 0 saturated carbocycles. The van der Waals surface area contributed by atoms with Gasteiger partial charge in [0.25, 0.3) is 0 Å². The predicted octanol–water partition coefficient (Wildman–Crippen LogP) is 3.82. The van der Waals surface area contributed by atoms with Crippen LogP contribution in [0.2, 0.25) is 0 Å². The summed E-state index contributed by atoms with van der Waals surface area (Å²) in [6.45, 7) is 1.78. The van der Waals surface area contributed by atoms with Gasteiger partial charge < -0.3 is 10.4 Å². The fourth-order valence-electron chi connectivity index (χ4n) is 2.80. The number of rotatable bonds is 6. The van der Waals surface area contributed by atoms with E-state index in [9.17, 15) is 14.7 Å². The van der Waals surface area contributed by atoms with Crippen molar-refractivity contribution >= 4 is 33.3 Å². The molecule has 0 radical (unpaired) electrons. The first-order valence-electron chi connectivity index (χ1n) is 8.09. The van der Waals surface area contributed by atoms with Crippen LogP contribution in [0.1, 0.15) is 24.0 Å². The molecule has 2 unspecified atom stereocenters. The Bertz CT molecular complexity index is 888. The van der Waals surface area contributed by atoms with Crippen molar-refractivity contribution < 1.29 is 14.7 Å². The molecule has 1 aromatic heterocycles. The zero-order valence-electron chi connectivity index (χ0n) is 13.8. The van der Waals surface area contributed by atoms with E-state index in [0.29, 0.717) is 0 Å². The average molecular weight is 353 g/mol. The Balaban J connectivity index is 1.75. The first-order valence-corrected chi connectivity index (χ1v) is 8.97. The van der Waals surface area contributed by atoms with E-state index < -0.39 is 17.9 Å². The average Bonchev–Trinajstić information content (AvgIpc) is 3.04. The second-order valence-electron chi connectivity index (χ2n) is 5.99. The molecule has 4 nitrogen and oxygen atoms in total. The molecule has 3 aromatic rings. The van der Waals surface area contributed by atoms with E-state index in [1.165, 1.54) is 0 Å². The van der Waals surface area contributed by atoms with Crippen molar-refractivity contribution in [1.82, 2.24) is 5.32 Å². The second-order valence-corrected chi connectivity index (χ2v) is 6.90. The molecule has 0 fully saturated rings. The number of carbonyl (C=O) groups is 2. The van der Waals surface area contributed by atoms with E-state index in [0.717, 1.165) is 21.2 Å². The summed E-state index contributed by atoms with van der Waals surface area (Å²) in [5.74, 6) is -1.70. The quantitative estimate of drug-likeness (QED) is 0.708. The van der Waals surface area contributed by atoms with Gasteiger partial charge in [-0.25, -0.2) is 4.79 Å². The van der Waals surface area contributed by atoms with Crippen LogP contribution in [-0.4, -0.2) is 23.0 Å². The second kappa shape index (κ2) is 7.49. The van der Waals surface area contributed by atoms with Gasteiger partial charge >= 0.3 is 5.97 Å². The summed E-state index contributed by atoms with van der Waals surface area (Å²) in [6, 6.07) is 16.3. The molecular weight excluding hydrogens is 334 g/mol. The number of thiophene rings is 1. The third-order valence-corrected chi connectivity index (χ3v) is 5.30. The number of carboxylic acids is 1. The summed E-state index contributed by atoms with van der Waals surface area (Å²) in [4.78, 5) is 24.1. The van der Waals surface area contributed by atoms with Crippen LogP contribution >= 0.6 is 11.3 Å². The zero-order valence-corrected chi connectivity index (χ0v) is 14.6. The van der Waals surface area contributed by atoms with Gasteiger partial charge in [-0.3, -0.25) is 4.79 Å². The van der Waals surface area contributed by atoms with Crippen molar-refractivity contribution in [3.8, 4) is 0 Å². The van der Waals surface area contributed by atoms with Gasteiger partial charge in [-0.05, 0) is 34.9 Å². The van der Waals surface area contributed by atoms with Crippen LogP contribution in [0.4, 0.5) is 0 Å². The number of carboxylic acid groups (broad SMARTS) is 1. The summed E-state index contributed by atoms with van der Waals surface area (Å²) in [7, 11) is 0. The van der Waals surface area contributed by atoms with Crippen molar-refractivity contribution in [3.63, 3.8) is 0 Å².